The van der Waals surface area contributed by atoms with E-state index in [9.17, 15) is 10.1 Å². The van der Waals surface area contributed by atoms with Crippen LogP contribution >= 0.6 is 0 Å². The number of rotatable bonds is 5. The third kappa shape index (κ3) is 2.83. The Kier molecular flexibility index (Phi) is 3.93. The summed E-state index contributed by atoms with van der Waals surface area (Å²) in [4.78, 5) is 11.9. The number of nitrogens with zero attached hydrogens (tertiary/aromatic N) is 1. The van der Waals surface area contributed by atoms with Gasteiger partial charge in [-0.1, -0.05) is 44.2 Å². The number of nitriles is 1. The fraction of sp³-hybridized carbons (Fsp3) is 0.333. The van der Waals surface area contributed by atoms with Crippen molar-refractivity contribution in [2.24, 2.45) is 17.3 Å². The second-order valence-corrected chi connectivity index (χ2v) is 7.26. The van der Waals surface area contributed by atoms with E-state index in [2.05, 4.69) is 6.07 Å². The van der Waals surface area contributed by atoms with Crippen LogP contribution in [0.2, 0.25) is 0 Å². The molecular weight excluding hydrogens is 330 g/mol. The first-order valence-corrected chi connectivity index (χ1v) is 8.59. The van der Waals surface area contributed by atoms with E-state index in [1.807, 2.05) is 56.3 Å². The van der Waals surface area contributed by atoms with E-state index < -0.39 is 12.4 Å². The Morgan fingerprint density at radius 3 is 2.50 bits per heavy atom. The summed E-state index contributed by atoms with van der Waals surface area (Å²) in [5.74, 6) is 0.981. The van der Waals surface area contributed by atoms with Crippen LogP contribution in [0.15, 0.2) is 54.6 Å². The maximum Gasteiger partial charge on any atom is 0.312 e. The monoisotopic (exact) mass is 349 g/mol. The van der Waals surface area contributed by atoms with Crippen molar-refractivity contribution in [1.82, 2.24) is 0 Å². The lowest BCUT2D eigenvalue weighted by Crippen LogP contribution is -2.24. The van der Waals surface area contributed by atoms with Gasteiger partial charge in [0.25, 0.3) is 0 Å². The van der Waals surface area contributed by atoms with Crippen molar-refractivity contribution in [3.05, 3.63) is 60.2 Å². The number of hydrogen-bond acceptors (Lipinski definition) is 5. The van der Waals surface area contributed by atoms with Crippen molar-refractivity contribution in [2.45, 2.75) is 26.2 Å². The number of para-hydroxylation sites is 1. The molecule has 2 aliphatic rings. The molecule has 26 heavy (non-hydrogen) atoms. The van der Waals surface area contributed by atoms with Crippen LogP contribution in [0.1, 0.15) is 25.5 Å². The van der Waals surface area contributed by atoms with Crippen LogP contribution in [0, 0.1) is 28.6 Å². The summed E-state index contributed by atoms with van der Waals surface area (Å²) in [5.41, 5.74) is 0.539. The van der Waals surface area contributed by atoms with E-state index in [1.165, 1.54) is 0 Å². The van der Waals surface area contributed by atoms with Gasteiger partial charge >= 0.3 is 5.97 Å². The predicted octanol–water partition coefficient (Wildman–Crippen LogP) is 4.22. The topological polar surface area (TPSA) is 68.5 Å². The van der Waals surface area contributed by atoms with Gasteiger partial charge in [0.05, 0.1) is 12.0 Å². The highest BCUT2D eigenvalue weighted by Gasteiger charge is 2.72. The van der Waals surface area contributed by atoms with Gasteiger partial charge in [0.15, 0.2) is 6.10 Å². The highest BCUT2D eigenvalue weighted by molar-refractivity contribution is 5.80. The molecule has 1 heterocycles. The molecule has 5 heteroatoms. The minimum Gasteiger partial charge on any atom is -0.457 e. The molecule has 4 rings (SSSR count). The lowest BCUT2D eigenvalue weighted by molar-refractivity contribution is -0.182. The van der Waals surface area contributed by atoms with Crippen molar-refractivity contribution in [2.75, 3.05) is 0 Å². The second kappa shape index (κ2) is 6.15. The molecule has 2 fully saturated rings. The fourth-order valence-electron chi connectivity index (χ4n) is 3.69. The minimum absolute atomic E-state index is 0.00889. The summed E-state index contributed by atoms with van der Waals surface area (Å²) in [6, 6.07) is 18.8. The zero-order chi connectivity index (χ0) is 18.3. The van der Waals surface area contributed by atoms with Crippen LogP contribution in [-0.4, -0.2) is 12.3 Å². The van der Waals surface area contributed by atoms with E-state index in [1.54, 1.807) is 12.1 Å². The van der Waals surface area contributed by atoms with Crippen LogP contribution in [0.5, 0.6) is 11.5 Å². The number of carbonyl (C=O) groups is 1. The summed E-state index contributed by atoms with van der Waals surface area (Å²) in [7, 11) is 0. The maximum absolute atomic E-state index is 11.9. The van der Waals surface area contributed by atoms with Crippen molar-refractivity contribution < 1.29 is 19.0 Å². The maximum atomic E-state index is 11.9. The van der Waals surface area contributed by atoms with E-state index in [0.29, 0.717) is 17.1 Å². The third-order valence-electron chi connectivity index (χ3n) is 5.22. The van der Waals surface area contributed by atoms with E-state index in [-0.39, 0.29) is 23.2 Å². The molecule has 4 atom stereocenters. The zero-order valence-electron chi connectivity index (χ0n) is 14.6. The third-order valence-corrected chi connectivity index (χ3v) is 5.22. The van der Waals surface area contributed by atoms with Gasteiger partial charge in [0, 0.05) is 5.92 Å². The van der Waals surface area contributed by atoms with Crippen LogP contribution in [0.25, 0.3) is 0 Å². The second-order valence-electron chi connectivity index (χ2n) is 7.26. The Morgan fingerprint density at radius 2 is 1.85 bits per heavy atom. The lowest BCUT2D eigenvalue weighted by Gasteiger charge is -2.21. The summed E-state index contributed by atoms with van der Waals surface area (Å²) in [6.45, 7) is 4.05. The van der Waals surface area contributed by atoms with E-state index >= 15 is 0 Å². The van der Waals surface area contributed by atoms with Crippen molar-refractivity contribution in [3.8, 4) is 17.6 Å². The van der Waals surface area contributed by atoms with Crippen LogP contribution in [-0.2, 0) is 14.3 Å². The Hall–Kier alpha value is -2.84. The highest BCUT2D eigenvalue weighted by Crippen LogP contribution is 2.65. The first kappa shape index (κ1) is 16.6. The SMILES string of the molecule is CC1(C)C2C(=O)OC(OC(C#N)c3cccc(Oc4ccccc4)c3)C21. The normalized spacial score (nSPS) is 26.3. The molecule has 0 radical (unpaired) electrons. The molecule has 0 aromatic heterocycles. The summed E-state index contributed by atoms with van der Waals surface area (Å²) in [6.07, 6.45) is -1.51. The molecule has 1 saturated heterocycles. The molecular formula is C21H19NO4. The molecule has 1 saturated carbocycles. The Balaban J connectivity index is 1.50. The van der Waals surface area contributed by atoms with Crippen molar-refractivity contribution in [3.63, 3.8) is 0 Å². The van der Waals surface area contributed by atoms with Gasteiger partial charge in [-0.2, -0.15) is 5.26 Å². The lowest BCUT2D eigenvalue weighted by atomic mass is 10.1. The quantitative estimate of drug-likeness (QED) is 0.756. The molecule has 2 aromatic carbocycles. The smallest absolute Gasteiger partial charge is 0.312 e. The summed E-state index contributed by atoms with van der Waals surface area (Å²) < 4.78 is 17.0. The number of ether oxygens (including phenoxy) is 3. The molecule has 0 bridgehead atoms. The van der Waals surface area contributed by atoms with Gasteiger partial charge < -0.3 is 14.2 Å². The average Bonchev–Trinajstić information content (AvgIpc) is 3.03. The number of esters is 1. The van der Waals surface area contributed by atoms with Gasteiger partial charge in [-0.25, -0.2) is 0 Å². The number of carbonyl (C=O) groups excluding carboxylic acids is 1. The molecule has 132 valence electrons. The summed E-state index contributed by atoms with van der Waals surface area (Å²) in [5, 5.41) is 9.56. The van der Waals surface area contributed by atoms with Gasteiger partial charge in [-0.3, -0.25) is 4.79 Å². The van der Waals surface area contributed by atoms with Crippen LogP contribution in [0.3, 0.4) is 0 Å². The Bertz CT molecular complexity index is 871. The molecule has 1 aliphatic heterocycles. The van der Waals surface area contributed by atoms with Gasteiger partial charge in [-0.05, 0) is 35.2 Å². The first-order valence-electron chi connectivity index (χ1n) is 8.59. The molecule has 0 amide bonds. The number of benzene rings is 2. The highest BCUT2D eigenvalue weighted by atomic mass is 16.7. The minimum atomic E-state index is -0.831. The van der Waals surface area contributed by atoms with Gasteiger partial charge in [0.2, 0.25) is 6.29 Å². The Labute approximate surface area is 152 Å². The zero-order valence-corrected chi connectivity index (χ0v) is 14.6. The van der Waals surface area contributed by atoms with Gasteiger partial charge in [-0.15, -0.1) is 0 Å². The molecule has 5 nitrogen and oxygen atoms in total. The first-order chi connectivity index (χ1) is 12.5. The summed E-state index contributed by atoms with van der Waals surface area (Å²) >= 11 is 0. The average molecular weight is 349 g/mol. The van der Waals surface area contributed by atoms with E-state index in [0.717, 1.165) is 0 Å². The van der Waals surface area contributed by atoms with Gasteiger partial charge in [0.1, 0.15) is 11.5 Å². The molecule has 2 aromatic rings. The largest absolute Gasteiger partial charge is 0.457 e. The van der Waals surface area contributed by atoms with Crippen molar-refractivity contribution in [1.29, 1.82) is 5.26 Å². The Morgan fingerprint density at radius 1 is 1.12 bits per heavy atom. The van der Waals surface area contributed by atoms with Crippen molar-refractivity contribution >= 4 is 5.97 Å². The number of fused-ring (bicyclic) bond motifs is 1. The van der Waals surface area contributed by atoms with Crippen LogP contribution in [0.4, 0.5) is 0 Å². The molecule has 0 spiro atoms. The van der Waals surface area contributed by atoms with Crippen LogP contribution < -0.4 is 4.74 Å². The molecule has 4 unspecified atom stereocenters. The fourth-order valence-corrected chi connectivity index (χ4v) is 3.69. The standard InChI is InChI=1S/C21H19NO4/c1-21(2)17-18(21)20(26-19(17)23)25-16(12-22)13-7-6-10-15(11-13)24-14-8-4-3-5-9-14/h3-11,16-18,20H,1-2H3. The van der Waals surface area contributed by atoms with E-state index in [4.69, 9.17) is 14.2 Å². The number of hydrogen-bond donors (Lipinski definition) is 0. The predicted molar refractivity (Wildman–Crippen MR) is 93.0 cm³/mol. The molecule has 1 aliphatic carbocycles. The number of cyclic esters (lactones) is 1. The molecule has 0 N–H and O–H groups in total.